The molecule has 1 fully saturated rings. The van der Waals surface area contributed by atoms with Gasteiger partial charge < -0.3 is 10.0 Å². The second-order valence-electron chi connectivity index (χ2n) is 5.94. The van der Waals surface area contributed by atoms with Crippen LogP contribution in [0.4, 0.5) is 5.13 Å². The number of hydrogen-bond acceptors (Lipinski definition) is 5. The first-order valence-electron chi connectivity index (χ1n) is 6.11. The Hall–Kier alpha value is -1.17. The molecule has 1 aromatic heterocycles. The zero-order chi connectivity index (χ0) is 13.5. The number of rotatable bonds is 3. The van der Waals surface area contributed by atoms with Crippen molar-refractivity contribution in [1.29, 1.82) is 0 Å². The molecule has 1 atom stereocenters. The van der Waals surface area contributed by atoms with E-state index in [1.54, 1.807) is 6.92 Å². The van der Waals surface area contributed by atoms with Gasteiger partial charge in [0.2, 0.25) is 5.13 Å². The number of carboxylic acids is 1. The van der Waals surface area contributed by atoms with Gasteiger partial charge in [-0.3, -0.25) is 4.79 Å². The Morgan fingerprint density at radius 2 is 2.11 bits per heavy atom. The lowest BCUT2D eigenvalue weighted by Crippen LogP contribution is -2.51. The van der Waals surface area contributed by atoms with Crippen molar-refractivity contribution in [3.63, 3.8) is 0 Å². The second-order valence-corrected chi connectivity index (χ2v) is 6.67. The molecule has 0 aliphatic carbocycles. The van der Waals surface area contributed by atoms with Gasteiger partial charge >= 0.3 is 5.97 Å². The molecule has 0 saturated carbocycles. The van der Waals surface area contributed by atoms with Gasteiger partial charge in [0.25, 0.3) is 0 Å². The molecule has 0 amide bonds. The van der Waals surface area contributed by atoms with Crippen molar-refractivity contribution in [3.8, 4) is 0 Å². The van der Waals surface area contributed by atoms with E-state index in [2.05, 4.69) is 35.0 Å². The Balaban J connectivity index is 1.97. The summed E-state index contributed by atoms with van der Waals surface area (Å²) in [7, 11) is 0. The van der Waals surface area contributed by atoms with Crippen molar-refractivity contribution in [1.82, 2.24) is 9.36 Å². The number of nitrogens with zero attached hydrogens (tertiary/aromatic N) is 3. The number of aromatic nitrogens is 2. The number of aliphatic carboxylic acids is 1. The summed E-state index contributed by atoms with van der Waals surface area (Å²) in [6.07, 6.45) is 0. The minimum Gasteiger partial charge on any atom is -0.481 e. The second kappa shape index (κ2) is 4.50. The van der Waals surface area contributed by atoms with E-state index >= 15 is 0 Å². The molecule has 0 spiro atoms. The molecule has 2 rings (SSSR count). The Bertz CT molecular complexity index is 446. The highest BCUT2D eigenvalue weighted by molar-refractivity contribution is 7.09. The molecule has 18 heavy (non-hydrogen) atoms. The molecule has 2 heterocycles. The quantitative estimate of drug-likeness (QED) is 0.909. The van der Waals surface area contributed by atoms with Crippen LogP contribution in [0.2, 0.25) is 0 Å². The predicted molar refractivity (Wildman–Crippen MR) is 71.1 cm³/mol. The van der Waals surface area contributed by atoms with Crippen LogP contribution in [0.15, 0.2) is 0 Å². The molecule has 6 heteroatoms. The van der Waals surface area contributed by atoms with Crippen LogP contribution in [0.3, 0.4) is 0 Å². The molecule has 1 aliphatic heterocycles. The van der Waals surface area contributed by atoms with E-state index < -0.39 is 5.97 Å². The van der Waals surface area contributed by atoms with Gasteiger partial charge in [-0.25, -0.2) is 4.98 Å². The molecule has 0 radical (unpaired) electrons. The van der Waals surface area contributed by atoms with Crippen LogP contribution in [0.1, 0.15) is 33.5 Å². The van der Waals surface area contributed by atoms with Gasteiger partial charge in [0.15, 0.2) is 0 Å². The van der Waals surface area contributed by atoms with E-state index in [0.29, 0.717) is 0 Å². The predicted octanol–water partition coefficient (Wildman–Crippen LogP) is 1.99. The zero-order valence-corrected chi connectivity index (χ0v) is 12.0. The van der Waals surface area contributed by atoms with Gasteiger partial charge in [-0.1, -0.05) is 27.7 Å². The maximum atomic E-state index is 10.9. The number of carbonyl (C=O) groups is 1. The van der Waals surface area contributed by atoms with Gasteiger partial charge in [0, 0.05) is 36.0 Å². The first kappa shape index (κ1) is 13.3. The van der Waals surface area contributed by atoms with Gasteiger partial charge in [-0.05, 0) is 0 Å². The highest BCUT2D eigenvalue weighted by Crippen LogP contribution is 2.32. The SMILES string of the molecule is CC(C(=O)O)C1CN(c2nc(C(C)(C)C)ns2)C1. The summed E-state index contributed by atoms with van der Waals surface area (Å²) < 4.78 is 4.37. The molecule has 1 unspecified atom stereocenters. The number of anilines is 1. The van der Waals surface area contributed by atoms with E-state index in [0.717, 1.165) is 24.0 Å². The molecule has 1 saturated heterocycles. The average molecular weight is 269 g/mol. The normalized spacial score (nSPS) is 18.6. The maximum absolute atomic E-state index is 10.9. The summed E-state index contributed by atoms with van der Waals surface area (Å²) in [5, 5.41) is 9.85. The van der Waals surface area contributed by atoms with Gasteiger partial charge in [0.05, 0.1) is 5.92 Å². The van der Waals surface area contributed by atoms with Crippen molar-refractivity contribution in [2.45, 2.75) is 33.1 Å². The number of hydrogen-bond donors (Lipinski definition) is 1. The fraction of sp³-hybridized carbons (Fsp3) is 0.750. The molecule has 1 aromatic rings. The lowest BCUT2D eigenvalue weighted by molar-refractivity contribution is -0.143. The Morgan fingerprint density at radius 1 is 1.50 bits per heavy atom. The van der Waals surface area contributed by atoms with Crippen LogP contribution in [0.25, 0.3) is 0 Å². The lowest BCUT2D eigenvalue weighted by Gasteiger charge is -2.40. The summed E-state index contributed by atoms with van der Waals surface area (Å²) in [6.45, 7) is 9.57. The summed E-state index contributed by atoms with van der Waals surface area (Å²) >= 11 is 1.40. The fourth-order valence-corrected chi connectivity index (χ4v) is 2.71. The van der Waals surface area contributed by atoms with E-state index in [4.69, 9.17) is 5.11 Å². The molecular formula is C12H19N3O2S. The van der Waals surface area contributed by atoms with E-state index in [1.165, 1.54) is 11.5 Å². The van der Waals surface area contributed by atoms with Gasteiger partial charge in [-0.15, -0.1) is 0 Å². The van der Waals surface area contributed by atoms with Gasteiger partial charge in [0.1, 0.15) is 5.82 Å². The van der Waals surface area contributed by atoms with Crippen molar-refractivity contribution >= 4 is 22.6 Å². The summed E-state index contributed by atoms with van der Waals surface area (Å²) in [6, 6.07) is 0. The van der Waals surface area contributed by atoms with Crippen molar-refractivity contribution in [3.05, 3.63) is 5.82 Å². The highest BCUT2D eigenvalue weighted by atomic mass is 32.1. The topological polar surface area (TPSA) is 66.3 Å². The zero-order valence-electron chi connectivity index (χ0n) is 11.2. The van der Waals surface area contributed by atoms with Crippen LogP contribution in [-0.4, -0.2) is 33.5 Å². The largest absolute Gasteiger partial charge is 0.481 e. The molecule has 1 N–H and O–H groups in total. The van der Waals surface area contributed by atoms with Crippen molar-refractivity contribution < 1.29 is 9.90 Å². The number of carboxylic acid groups (broad SMARTS) is 1. The smallest absolute Gasteiger partial charge is 0.306 e. The minimum atomic E-state index is -0.715. The van der Waals surface area contributed by atoms with E-state index in [-0.39, 0.29) is 17.3 Å². The maximum Gasteiger partial charge on any atom is 0.306 e. The average Bonchev–Trinajstić information content (AvgIpc) is 2.63. The lowest BCUT2D eigenvalue weighted by atomic mass is 9.87. The molecule has 0 aromatic carbocycles. The summed E-state index contributed by atoms with van der Waals surface area (Å²) in [4.78, 5) is 17.5. The molecule has 100 valence electrons. The minimum absolute atomic E-state index is 0.0344. The van der Waals surface area contributed by atoms with Crippen molar-refractivity contribution in [2.24, 2.45) is 11.8 Å². The third kappa shape index (κ3) is 2.48. The third-order valence-corrected chi connectivity index (χ3v) is 4.14. The monoisotopic (exact) mass is 269 g/mol. The van der Waals surface area contributed by atoms with Crippen molar-refractivity contribution in [2.75, 3.05) is 18.0 Å². The Kier molecular flexibility index (Phi) is 3.31. The fourth-order valence-electron chi connectivity index (χ4n) is 1.84. The van der Waals surface area contributed by atoms with Crippen LogP contribution in [-0.2, 0) is 10.2 Å². The summed E-state index contributed by atoms with van der Waals surface area (Å²) in [5.41, 5.74) is -0.0344. The third-order valence-electron chi connectivity index (χ3n) is 3.36. The van der Waals surface area contributed by atoms with E-state index in [1.807, 2.05) is 0 Å². The van der Waals surface area contributed by atoms with Gasteiger partial charge in [-0.2, -0.15) is 4.37 Å². The molecule has 1 aliphatic rings. The molecule has 0 bridgehead atoms. The van der Waals surface area contributed by atoms with Crippen LogP contribution in [0.5, 0.6) is 0 Å². The molecule has 5 nitrogen and oxygen atoms in total. The van der Waals surface area contributed by atoms with Crippen LogP contribution >= 0.6 is 11.5 Å². The Morgan fingerprint density at radius 3 is 2.56 bits per heavy atom. The first-order valence-corrected chi connectivity index (χ1v) is 6.88. The molecular weight excluding hydrogens is 250 g/mol. The Labute approximate surface area is 111 Å². The highest BCUT2D eigenvalue weighted by Gasteiger charge is 2.36. The summed E-state index contributed by atoms with van der Waals surface area (Å²) in [5.74, 6) is 0.0882. The standard InChI is InChI=1S/C12H19N3O2S/c1-7(9(16)17)8-5-15(6-8)11-13-10(14-18-11)12(2,3)4/h7-8H,5-6H2,1-4H3,(H,16,17). The van der Waals surface area contributed by atoms with E-state index in [9.17, 15) is 4.79 Å². The van der Waals surface area contributed by atoms with Crippen LogP contribution in [0, 0.1) is 11.8 Å². The first-order chi connectivity index (χ1) is 8.29. The van der Waals surface area contributed by atoms with Crippen LogP contribution < -0.4 is 4.90 Å².